The molecule has 7 heteroatoms. The molecule has 148 valence electrons. The van der Waals surface area contributed by atoms with Crippen molar-refractivity contribution >= 4 is 35.0 Å². The van der Waals surface area contributed by atoms with E-state index >= 15 is 0 Å². The van der Waals surface area contributed by atoms with Gasteiger partial charge in [-0.05, 0) is 54.4 Å². The van der Waals surface area contributed by atoms with Gasteiger partial charge in [-0.25, -0.2) is 4.79 Å². The van der Waals surface area contributed by atoms with Gasteiger partial charge < -0.3 is 9.67 Å². The summed E-state index contributed by atoms with van der Waals surface area (Å²) in [4.78, 5) is 36.1. The van der Waals surface area contributed by atoms with Crippen LogP contribution in [0, 0.1) is 0 Å². The highest BCUT2D eigenvalue weighted by molar-refractivity contribution is 6.35. The van der Waals surface area contributed by atoms with Crippen LogP contribution in [0.15, 0.2) is 65.6 Å². The SMILES string of the molecule is CC(C(=O)Cc1ccc(C(=O)O)cc1)n1ccc(-c2cc(Cl)ccc2Cl)cc1=O. The van der Waals surface area contributed by atoms with Crippen molar-refractivity contribution < 1.29 is 14.7 Å². The lowest BCUT2D eigenvalue weighted by molar-refractivity contribution is -0.121. The molecule has 0 amide bonds. The molecule has 1 unspecified atom stereocenters. The number of nitrogens with zero attached hydrogens (tertiary/aromatic N) is 1. The molecular weight excluding hydrogens is 413 g/mol. The van der Waals surface area contributed by atoms with E-state index in [0.717, 1.165) is 0 Å². The summed E-state index contributed by atoms with van der Waals surface area (Å²) in [6.07, 6.45) is 1.65. The number of carbonyl (C=O) groups is 2. The third kappa shape index (κ3) is 4.75. The van der Waals surface area contributed by atoms with Crippen LogP contribution < -0.4 is 5.56 Å². The number of aromatic carboxylic acids is 1. The lowest BCUT2D eigenvalue weighted by atomic mass is 10.0. The van der Waals surface area contributed by atoms with Gasteiger partial charge in [0.25, 0.3) is 5.56 Å². The van der Waals surface area contributed by atoms with Gasteiger partial charge >= 0.3 is 5.97 Å². The summed E-state index contributed by atoms with van der Waals surface area (Å²) in [5, 5.41) is 9.92. The zero-order valence-electron chi connectivity index (χ0n) is 15.4. The second kappa shape index (κ2) is 8.64. The predicted molar refractivity (Wildman–Crippen MR) is 113 cm³/mol. The summed E-state index contributed by atoms with van der Waals surface area (Å²) >= 11 is 12.2. The quantitative estimate of drug-likeness (QED) is 0.604. The topological polar surface area (TPSA) is 76.4 Å². The Morgan fingerprint density at radius 1 is 1.03 bits per heavy atom. The van der Waals surface area contributed by atoms with Gasteiger partial charge in [0.15, 0.2) is 5.78 Å². The van der Waals surface area contributed by atoms with E-state index in [1.165, 1.54) is 22.8 Å². The number of pyridine rings is 1. The highest BCUT2D eigenvalue weighted by Gasteiger charge is 2.17. The molecule has 1 N–H and O–H groups in total. The van der Waals surface area contributed by atoms with Crippen LogP contribution in [0.2, 0.25) is 10.0 Å². The maximum atomic E-state index is 12.6. The first-order valence-electron chi connectivity index (χ1n) is 8.79. The smallest absolute Gasteiger partial charge is 0.335 e. The zero-order valence-corrected chi connectivity index (χ0v) is 16.9. The number of hydrogen-bond acceptors (Lipinski definition) is 3. The molecule has 1 heterocycles. The van der Waals surface area contributed by atoms with Crippen molar-refractivity contribution in [3.63, 3.8) is 0 Å². The lowest BCUT2D eigenvalue weighted by Crippen LogP contribution is -2.28. The molecule has 0 bridgehead atoms. The molecule has 0 aliphatic heterocycles. The molecule has 0 aliphatic carbocycles. The number of carboxylic acid groups (broad SMARTS) is 1. The van der Waals surface area contributed by atoms with Gasteiger partial charge in [0.1, 0.15) is 0 Å². The monoisotopic (exact) mass is 429 g/mol. The average molecular weight is 430 g/mol. The highest BCUT2D eigenvalue weighted by Crippen LogP contribution is 2.29. The van der Waals surface area contributed by atoms with E-state index in [1.54, 1.807) is 49.5 Å². The van der Waals surface area contributed by atoms with Crippen LogP contribution in [0.25, 0.3) is 11.1 Å². The fourth-order valence-electron chi connectivity index (χ4n) is 2.97. The summed E-state index contributed by atoms with van der Waals surface area (Å²) in [5.41, 5.74) is 1.76. The molecule has 2 aromatic carbocycles. The minimum Gasteiger partial charge on any atom is -0.478 e. The van der Waals surface area contributed by atoms with Crippen molar-refractivity contribution in [3.05, 3.63) is 92.3 Å². The molecule has 0 saturated heterocycles. The summed E-state index contributed by atoms with van der Waals surface area (Å²) < 4.78 is 1.36. The second-order valence-electron chi connectivity index (χ2n) is 6.61. The summed E-state index contributed by atoms with van der Waals surface area (Å²) in [6, 6.07) is 13.6. The first kappa shape index (κ1) is 20.8. The molecule has 1 aromatic heterocycles. The van der Waals surface area contributed by atoms with Crippen molar-refractivity contribution in [2.24, 2.45) is 0 Å². The normalized spacial score (nSPS) is 11.8. The van der Waals surface area contributed by atoms with Crippen molar-refractivity contribution in [1.82, 2.24) is 4.57 Å². The van der Waals surface area contributed by atoms with E-state index in [1.807, 2.05) is 0 Å². The number of ketones is 1. The minimum atomic E-state index is -1.03. The van der Waals surface area contributed by atoms with Crippen molar-refractivity contribution in [2.45, 2.75) is 19.4 Å². The zero-order chi connectivity index (χ0) is 21.1. The first-order valence-corrected chi connectivity index (χ1v) is 9.54. The molecule has 29 heavy (non-hydrogen) atoms. The van der Waals surface area contributed by atoms with E-state index < -0.39 is 12.0 Å². The second-order valence-corrected chi connectivity index (χ2v) is 7.45. The van der Waals surface area contributed by atoms with Crippen LogP contribution >= 0.6 is 23.2 Å². The standard InChI is InChI=1S/C22H17Cl2NO4/c1-13(20(26)10-14-2-4-15(5-3-14)22(28)29)25-9-8-16(11-21(25)27)18-12-17(23)6-7-19(18)24/h2-9,11-13H,10H2,1H3,(H,28,29). The number of aromatic nitrogens is 1. The van der Waals surface area contributed by atoms with Gasteiger partial charge in [-0.15, -0.1) is 0 Å². The van der Waals surface area contributed by atoms with Crippen LogP contribution in [-0.4, -0.2) is 21.4 Å². The summed E-state index contributed by atoms with van der Waals surface area (Å²) in [7, 11) is 0. The van der Waals surface area contributed by atoms with E-state index in [9.17, 15) is 14.4 Å². The lowest BCUT2D eigenvalue weighted by Gasteiger charge is -2.15. The van der Waals surface area contributed by atoms with Crippen molar-refractivity contribution in [1.29, 1.82) is 0 Å². The van der Waals surface area contributed by atoms with Crippen LogP contribution in [0.3, 0.4) is 0 Å². The fourth-order valence-corrected chi connectivity index (χ4v) is 3.36. The third-order valence-electron chi connectivity index (χ3n) is 4.65. The highest BCUT2D eigenvalue weighted by atomic mass is 35.5. The fraction of sp³-hybridized carbons (Fsp3) is 0.136. The molecule has 0 aliphatic rings. The Kier molecular flexibility index (Phi) is 6.20. The van der Waals surface area contributed by atoms with E-state index in [-0.39, 0.29) is 23.3 Å². The Labute approximate surface area is 177 Å². The van der Waals surface area contributed by atoms with Gasteiger partial charge in [0, 0.05) is 34.3 Å². The average Bonchev–Trinajstić information content (AvgIpc) is 2.69. The van der Waals surface area contributed by atoms with E-state index in [2.05, 4.69) is 0 Å². The molecule has 1 atom stereocenters. The van der Waals surface area contributed by atoms with Crippen molar-refractivity contribution in [3.8, 4) is 11.1 Å². The maximum absolute atomic E-state index is 12.6. The molecule has 5 nitrogen and oxygen atoms in total. The minimum absolute atomic E-state index is 0.0926. The number of Topliss-reactive ketones (excluding diaryl/α,β-unsaturated/α-hetero) is 1. The van der Waals surface area contributed by atoms with Crippen molar-refractivity contribution in [2.75, 3.05) is 0 Å². The number of carbonyl (C=O) groups excluding carboxylic acids is 1. The molecule has 0 spiro atoms. The first-order chi connectivity index (χ1) is 13.8. The summed E-state index contributed by atoms with van der Waals surface area (Å²) in [6.45, 7) is 1.65. The van der Waals surface area contributed by atoms with Gasteiger partial charge in [-0.1, -0.05) is 35.3 Å². The Hall–Kier alpha value is -2.89. The van der Waals surface area contributed by atoms with Crippen LogP contribution in [0.5, 0.6) is 0 Å². The van der Waals surface area contributed by atoms with Gasteiger partial charge in [-0.2, -0.15) is 0 Å². The summed E-state index contributed by atoms with van der Waals surface area (Å²) in [5.74, 6) is -1.19. The Morgan fingerprint density at radius 3 is 2.34 bits per heavy atom. The number of rotatable bonds is 6. The van der Waals surface area contributed by atoms with Crippen LogP contribution in [0.1, 0.15) is 28.9 Å². The Balaban J connectivity index is 1.81. The number of carboxylic acids is 1. The number of halogens is 2. The van der Waals surface area contributed by atoms with Gasteiger partial charge in [0.2, 0.25) is 0 Å². The van der Waals surface area contributed by atoms with E-state index in [4.69, 9.17) is 28.3 Å². The molecule has 3 rings (SSSR count). The van der Waals surface area contributed by atoms with Crippen LogP contribution in [-0.2, 0) is 11.2 Å². The predicted octanol–water partition coefficient (Wildman–Crippen LogP) is 4.89. The Bertz CT molecular complexity index is 1140. The van der Waals surface area contributed by atoms with E-state index in [0.29, 0.717) is 26.7 Å². The largest absolute Gasteiger partial charge is 0.478 e. The van der Waals surface area contributed by atoms with Gasteiger partial charge in [-0.3, -0.25) is 9.59 Å². The molecular formula is C22H17Cl2NO4. The molecule has 0 radical (unpaired) electrons. The molecule has 0 saturated carbocycles. The number of benzene rings is 2. The Morgan fingerprint density at radius 2 is 1.72 bits per heavy atom. The van der Waals surface area contributed by atoms with Gasteiger partial charge in [0.05, 0.1) is 11.6 Å². The maximum Gasteiger partial charge on any atom is 0.335 e. The molecule has 0 fully saturated rings. The number of hydrogen-bond donors (Lipinski definition) is 1. The van der Waals surface area contributed by atoms with Crippen LogP contribution in [0.4, 0.5) is 0 Å². The third-order valence-corrected chi connectivity index (χ3v) is 5.21. The molecule has 3 aromatic rings.